The lowest BCUT2D eigenvalue weighted by Crippen LogP contribution is -2.34. The number of rotatable bonds is 5. The molecule has 130 valence electrons. The number of aryl methyl sites for hydroxylation is 2. The molecular formula is C18H21N5O2. The van der Waals surface area contributed by atoms with Gasteiger partial charge in [0.25, 0.3) is 0 Å². The zero-order chi connectivity index (χ0) is 17.8. The molecular weight excluding hydrogens is 318 g/mol. The number of hydrogen-bond acceptors (Lipinski definition) is 5. The number of benzene rings is 1. The van der Waals surface area contributed by atoms with Gasteiger partial charge in [-0.15, -0.1) is 0 Å². The lowest BCUT2D eigenvalue weighted by Gasteiger charge is -2.20. The molecule has 0 unspecified atom stereocenters. The topological polar surface area (TPSA) is 84.2 Å². The van der Waals surface area contributed by atoms with E-state index in [1.807, 2.05) is 45.0 Å². The molecule has 3 aromatic rings. The van der Waals surface area contributed by atoms with Crippen molar-refractivity contribution in [2.45, 2.75) is 33.7 Å². The summed E-state index contributed by atoms with van der Waals surface area (Å²) in [6.07, 6.45) is 2.45. The van der Waals surface area contributed by atoms with Crippen LogP contribution in [-0.4, -0.2) is 32.6 Å². The molecule has 2 heterocycles. The van der Waals surface area contributed by atoms with Crippen molar-refractivity contribution in [1.29, 1.82) is 0 Å². The first-order chi connectivity index (χ1) is 12.1. The summed E-state index contributed by atoms with van der Waals surface area (Å²) in [6.45, 7) is 6.66. The van der Waals surface area contributed by atoms with E-state index in [1.54, 1.807) is 11.1 Å². The molecule has 2 amide bonds. The molecule has 0 bridgehead atoms. The average Bonchev–Trinajstić information content (AvgIpc) is 3.10. The molecule has 1 N–H and O–H groups in total. The Kier molecular flexibility index (Phi) is 4.92. The molecule has 0 saturated carbocycles. The fourth-order valence-electron chi connectivity index (χ4n) is 2.61. The van der Waals surface area contributed by atoms with Crippen LogP contribution in [0.4, 0.5) is 10.5 Å². The predicted molar refractivity (Wildman–Crippen MR) is 95.3 cm³/mol. The highest BCUT2D eigenvalue weighted by Gasteiger charge is 2.17. The van der Waals surface area contributed by atoms with Gasteiger partial charge in [0.05, 0.1) is 11.2 Å². The average molecular weight is 339 g/mol. The first kappa shape index (κ1) is 16.9. The van der Waals surface area contributed by atoms with Crippen molar-refractivity contribution in [2.24, 2.45) is 0 Å². The molecule has 3 rings (SSSR count). The van der Waals surface area contributed by atoms with E-state index in [0.717, 1.165) is 22.2 Å². The molecule has 1 aromatic carbocycles. The number of amides is 2. The van der Waals surface area contributed by atoms with Crippen molar-refractivity contribution in [3.05, 3.63) is 47.7 Å². The summed E-state index contributed by atoms with van der Waals surface area (Å²) in [5.74, 6) is 1.08. The number of hydrogen-bond donors (Lipinski definition) is 1. The molecule has 0 radical (unpaired) electrons. The van der Waals surface area contributed by atoms with Crippen molar-refractivity contribution >= 4 is 22.6 Å². The number of carbonyl (C=O) groups excluding carboxylic acids is 1. The molecule has 2 aromatic heterocycles. The van der Waals surface area contributed by atoms with E-state index < -0.39 is 0 Å². The maximum Gasteiger partial charge on any atom is 0.322 e. The maximum atomic E-state index is 12.7. The van der Waals surface area contributed by atoms with E-state index >= 15 is 0 Å². The number of carbonyl (C=O) groups is 1. The molecule has 25 heavy (non-hydrogen) atoms. The first-order valence-electron chi connectivity index (χ1n) is 8.34. The Morgan fingerprint density at radius 1 is 1.28 bits per heavy atom. The highest BCUT2D eigenvalue weighted by molar-refractivity contribution is 6.01. The summed E-state index contributed by atoms with van der Waals surface area (Å²) in [5, 5.41) is 7.74. The van der Waals surface area contributed by atoms with Crippen molar-refractivity contribution in [3.63, 3.8) is 0 Å². The van der Waals surface area contributed by atoms with E-state index in [9.17, 15) is 4.79 Å². The molecule has 0 aliphatic carbocycles. The fraction of sp³-hybridized carbons (Fsp3) is 0.333. The third-order valence-corrected chi connectivity index (χ3v) is 4.03. The highest BCUT2D eigenvalue weighted by Crippen LogP contribution is 2.24. The van der Waals surface area contributed by atoms with Crippen LogP contribution < -0.4 is 5.32 Å². The molecule has 7 heteroatoms. The third kappa shape index (κ3) is 3.60. The lowest BCUT2D eigenvalue weighted by molar-refractivity contribution is 0.203. The summed E-state index contributed by atoms with van der Waals surface area (Å²) in [7, 11) is 0. The van der Waals surface area contributed by atoms with Crippen LogP contribution in [0.2, 0.25) is 0 Å². The fourth-order valence-corrected chi connectivity index (χ4v) is 2.61. The van der Waals surface area contributed by atoms with E-state index in [1.165, 1.54) is 0 Å². The SMILES string of the molecule is CCc1noc(CN(CC)C(=O)Nc2ccc(C)c3ncccc23)n1. The van der Waals surface area contributed by atoms with Gasteiger partial charge in [-0.3, -0.25) is 4.98 Å². The van der Waals surface area contributed by atoms with Crippen LogP contribution >= 0.6 is 0 Å². The lowest BCUT2D eigenvalue weighted by atomic mass is 10.1. The Balaban J connectivity index is 1.79. The maximum absolute atomic E-state index is 12.7. The van der Waals surface area contributed by atoms with Gasteiger partial charge in [-0.1, -0.05) is 18.1 Å². The van der Waals surface area contributed by atoms with Crippen LogP contribution in [0.3, 0.4) is 0 Å². The number of fused-ring (bicyclic) bond motifs is 1. The number of nitrogens with zero attached hydrogens (tertiary/aromatic N) is 4. The van der Waals surface area contributed by atoms with Crippen LogP contribution in [0.15, 0.2) is 35.0 Å². The van der Waals surface area contributed by atoms with Crippen LogP contribution in [0.5, 0.6) is 0 Å². The van der Waals surface area contributed by atoms with E-state index in [2.05, 4.69) is 20.4 Å². The van der Waals surface area contributed by atoms with Gasteiger partial charge in [0.1, 0.15) is 6.54 Å². The molecule has 0 spiro atoms. The predicted octanol–water partition coefficient (Wildman–Crippen LogP) is 3.54. The number of nitrogens with one attached hydrogen (secondary N) is 1. The van der Waals surface area contributed by atoms with Crippen molar-refractivity contribution in [2.75, 3.05) is 11.9 Å². The van der Waals surface area contributed by atoms with Crippen LogP contribution in [0, 0.1) is 6.92 Å². The Bertz CT molecular complexity index is 890. The zero-order valence-electron chi connectivity index (χ0n) is 14.6. The summed E-state index contributed by atoms with van der Waals surface area (Å²) in [6, 6.07) is 7.44. The Morgan fingerprint density at radius 3 is 2.84 bits per heavy atom. The third-order valence-electron chi connectivity index (χ3n) is 4.03. The molecule has 7 nitrogen and oxygen atoms in total. The van der Waals surface area contributed by atoms with E-state index in [0.29, 0.717) is 24.7 Å². The van der Waals surface area contributed by atoms with Crippen LogP contribution in [0.1, 0.15) is 31.1 Å². The van der Waals surface area contributed by atoms with Gasteiger partial charge in [0, 0.05) is 24.5 Å². The molecule has 0 aliphatic heterocycles. The van der Waals surface area contributed by atoms with E-state index in [-0.39, 0.29) is 12.6 Å². The number of pyridine rings is 1. The second-order valence-corrected chi connectivity index (χ2v) is 5.73. The van der Waals surface area contributed by atoms with Gasteiger partial charge < -0.3 is 14.7 Å². The Hall–Kier alpha value is -2.96. The van der Waals surface area contributed by atoms with Gasteiger partial charge in [-0.25, -0.2) is 4.79 Å². The molecule has 0 saturated heterocycles. The summed E-state index contributed by atoms with van der Waals surface area (Å²) in [5.41, 5.74) is 2.68. The zero-order valence-corrected chi connectivity index (χ0v) is 14.6. The number of aromatic nitrogens is 3. The van der Waals surface area contributed by atoms with Gasteiger partial charge in [0.15, 0.2) is 5.82 Å². The first-order valence-corrected chi connectivity index (χ1v) is 8.34. The summed E-state index contributed by atoms with van der Waals surface area (Å²) < 4.78 is 5.18. The monoisotopic (exact) mass is 339 g/mol. The van der Waals surface area contributed by atoms with Gasteiger partial charge in [-0.2, -0.15) is 4.98 Å². The minimum Gasteiger partial charge on any atom is -0.337 e. The Morgan fingerprint density at radius 2 is 2.12 bits per heavy atom. The van der Waals surface area contributed by atoms with E-state index in [4.69, 9.17) is 4.52 Å². The van der Waals surface area contributed by atoms with Crippen molar-refractivity contribution < 1.29 is 9.32 Å². The Labute approximate surface area is 146 Å². The highest BCUT2D eigenvalue weighted by atomic mass is 16.5. The summed E-state index contributed by atoms with van der Waals surface area (Å²) in [4.78, 5) is 22.9. The van der Waals surface area contributed by atoms with Crippen molar-refractivity contribution in [3.8, 4) is 0 Å². The van der Waals surface area contributed by atoms with Gasteiger partial charge in [-0.05, 0) is 37.6 Å². The molecule has 0 fully saturated rings. The second kappa shape index (κ2) is 7.29. The summed E-state index contributed by atoms with van der Waals surface area (Å²) >= 11 is 0. The minimum absolute atomic E-state index is 0.215. The smallest absolute Gasteiger partial charge is 0.322 e. The normalized spacial score (nSPS) is 10.8. The number of anilines is 1. The second-order valence-electron chi connectivity index (χ2n) is 5.73. The number of urea groups is 1. The van der Waals surface area contributed by atoms with Crippen LogP contribution in [0.25, 0.3) is 10.9 Å². The standard InChI is InChI=1S/C18H21N5O2/c1-4-15-21-16(25-22-15)11-23(5-2)18(24)20-14-9-8-12(3)17-13(14)7-6-10-19-17/h6-10H,4-5,11H2,1-3H3,(H,20,24). The van der Waals surface area contributed by atoms with Gasteiger partial charge >= 0.3 is 6.03 Å². The molecule has 0 atom stereocenters. The largest absolute Gasteiger partial charge is 0.337 e. The van der Waals surface area contributed by atoms with Crippen LogP contribution in [-0.2, 0) is 13.0 Å². The van der Waals surface area contributed by atoms with Gasteiger partial charge in [0.2, 0.25) is 5.89 Å². The quantitative estimate of drug-likeness (QED) is 0.768. The molecule has 0 aliphatic rings. The van der Waals surface area contributed by atoms with Crippen molar-refractivity contribution in [1.82, 2.24) is 20.0 Å². The minimum atomic E-state index is -0.215.